The summed E-state index contributed by atoms with van der Waals surface area (Å²) in [7, 11) is 0. The number of nitrogens with two attached hydrogens (primary N) is 2. The quantitative estimate of drug-likeness (QED) is 0.193. The Morgan fingerprint density at radius 2 is 1.29 bits per heavy atom. The third kappa shape index (κ3) is 4.31. The summed E-state index contributed by atoms with van der Waals surface area (Å²) in [6.45, 7) is 2.33. The third-order valence-corrected chi connectivity index (χ3v) is 6.41. The maximum absolute atomic E-state index is 13.3. The standard InChI is InChI=1S/C28H26N6O/c1-16-25(12-17-2-4-19-6-8-21(26(29)30)13-23(19)10-17)28(35)34(33-16)15-18-3-5-20-7-9-22(27(31)32)14-24(20)11-18/h2-11,13-14,33H,12,15H2,1H3,(H3,29,30)(H3,31,32). The number of amidine groups is 2. The Kier molecular flexibility index (Phi) is 5.45. The van der Waals surface area contributed by atoms with Gasteiger partial charge in [-0.05, 0) is 57.8 Å². The van der Waals surface area contributed by atoms with E-state index in [0.717, 1.165) is 43.9 Å². The van der Waals surface area contributed by atoms with Gasteiger partial charge in [-0.15, -0.1) is 0 Å². The summed E-state index contributed by atoms with van der Waals surface area (Å²) >= 11 is 0. The minimum atomic E-state index is -0.0438. The second-order valence-electron chi connectivity index (χ2n) is 8.90. The average Bonchev–Trinajstić information content (AvgIpc) is 3.10. The van der Waals surface area contributed by atoms with Gasteiger partial charge in [-0.3, -0.25) is 20.7 Å². The molecule has 1 aromatic heterocycles. The van der Waals surface area contributed by atoms with Crippen molar-refractivity contribution in [1.29, 1.82) is 10.8 Å². The van der Waals surface area contributed by atoms with Gasteiger partial charge in [-0.25, -0.2) is 4.68 Å². The Bertz CT molecular complexity index is 1690. The number of aryl methyl sites for hydroxylation is 1. The van der Waals surface area contributed by atoms with Crippen LogP contribution < -0.4 is 17.0 Å². The Morgan fingerprint density at radius 1 is 0.771 bits per heavy atom. The largest absolute Gasteiger partial charge is 0.384 e. The molecule has 1 heterocycles. The fourth-order valence-corrected chi connectivity index (χ4v) is 4.49. The van der Waals surface area contributed by atoms with Crippen molar-refractivity contribution in [2.75, 3.05) is 0 Å². The van der Waals surface area contributed by atoms with Crippen LogP contribution in [-0.2, 0) is 13.0 Å². The Labute approximate surface area is 202 Å². The van der Waals surface area contributed by atoms with E-state index in [9.17, 15) is 4.79 Å². The minimum absolute atomic E-state index is 0.0318. The smallest absolute Gasteiger partial charge is 0.270 e. The molecule has 0 saturated heterocycles. The van der Waals surface area contributed by atoms with Gasteiger partial charge < -0.3 is 11.5 Å². The molecule has 35 heavy (non-hydrogen) atoms. The maximum Gasteiger partial charge on any atom is 0.270 e. The number of H-pyrrole nitrogens is 1. The lowest BCUT2D eigenvalue weighted by Crippen LogP contribution is -2.20. The fraction of sp³-hybridized carbons (Fsp3) is 0.107. The molecule has 5 rings (SSSR count). The summed E-state index contributed by atoms with van der Waals surface area (Å²) in [5, 5.41) is 22.7. The SMILES string of the molecule is Cc1[nH]n(Cc2ccc3ccc(C(=N)N)cc3c2)c(=O)c1Cc1ccc2ccc(C(=N)N)cc2c1. The summed E-state index contributed by atoms with van der Waals surface area (Å²) in [4.78, 5) is 13.3. The van der Waals surface area contributed by atoms with Crippen molar-refractivity contribution in [2.45, 2.75) is 19.9 Å². The number of hydrogen-bond donors (Lipinski definition) is 5. The van der Waals surface area contributed by atoms with Crippen molar-refractivity contribution in [3.63, 3.8) is 0 Å². The van der Waals surface area contributed by atoms with Gasteiger partial charge in [0.1, 0.15) is 11.7 Å². The van der Waals surface area contributed by atoms with Crippen LogP contribution in [0.25, 0.3) is 21.5 Å². The zero-order valence-electron chi connectivity index (χ0n) is 19.4. The lowest BCUT2D eigenvalue weighted by atomic mass is 10.00. The molecule has 0 aliphatic rings. The highest BCUT2D eigenvalue weighted by Gasteiger charge is 2.13. The highest BCUT2D eigenvalue weighted by molar-refractivity contribution is 6.00. The zero-order chi connectivity index (χ0) is 24.7. The monoisotopic (exact) mass is 462 g/mol. The molecule has 0 fully saturated rings. The predicted molar refractivity (Wildman–Crippen MR) is 142 cm³/mol. The number of hydrogen-bond acceptors (Lipinski definition) is 3. The minimum Gasteiger partial charge on any atom is -0.384 e. The van der Waals surface area contributed by atoms with Crippen molar-refractivity contribution >= 4 is 33.2 Å². The zero-order valence-corrected chi connectivity index (χ0v) is 19.4. The first-order chi connectivity index (χ1) is 16.8. The molecule has 0 bridgehead atoms. The molecular formula is C28H26N6O. The van der Waals surface area contributed by atoms with E-state index in [1.165, 1.54) is 0 Å². The number of benzene rings is 4. The van der Waals surface area contributed by atoms with Crippen molar-refractivity contribution < 1.29 is 0 Å². The van der Waals surface area contributed by atoms with E-state index in [1.54, 1.807) is 4.68 Å². The second kappa shape index (κ2) is 8.61. The summed E-state index contributed by atoms with van der Waals surface area (Å²) in [5.74, 6) is 0.0669. The van der Waals surface area contributed by atoms with Crippen LogP contribution in [0.15, 0.2) is 77.6 Å². The molecule has 5 aromatic rings. The van der Waals surface area contributed by atoms with Gasteiger partial charge in [0.15, 0.2) is 0 Å². The Balaban J connectivity index is 1.44. The number of fused-ring (bicyclic) bond motifs is 2. The normalized spacial score (nSPS) is 11.2. The van der Waals surface area contributed by atoms with Gasteiger partial charge in [0.25, 0.3) is 5.56 Å². The maximum atomic E-state index is 13.3. The van der Waals surface area contributed by atoms with Gasteiger partial charge >= 0.3 is 0 Å². The molecule has 0 aliphatic heterocycles. The van der Waals surface area contributed by atoms with Crippen LogP contribution in [0.3, 0.4) is 0 Å². The van der Waals surface area contributed by atoms with E-state index in [1.807, 2.05) is 79.7 Å². The molecular weight excluding hydrogens is 436 g/mol. The molecule has 4 aromatic carbocycles. The van der Waals surface area contributed by atoms with E-state index in [-0.39, 0.29) is 17.2 Å². The van der Waals surface area contributed by atoms with Gasteiger partial charge in [0.2, 0.25) is 0 Å². The van der Waals surface area contributed by atoms with E-state index < -0.39 is 0 Å². The molecule has 7 N–H and O–H groups in total. The Hall–Kier alpha value is -4.65. The van der Waals surface area contributed by atoms with E-state index in [2.05, 4.69) is 5.10 Å². The molecule has 174 valence electrons. The second-order valence-corrected chi connectivity index (χ2v) is 8.90. The van der Waals surface area contributed by atoms with Crippen molar-refractivity contribution in [1.82, 2.24) is 9.78 Å². The van der Waals surface area contributed by atoms with Crippen LogP contribution >= 0.6 is 0 Å². The summed E-state index contributed by atoms with van der Waals surface area (Å²) in [6.07, 6.45) is 0.508. The number of nitrogens with zero attached hydrogens (tertiary/aromatic N) is 1. The molecule has 0 radical (unpaired) electrons. The topological polar surface area (TPSA) is 138 Å². The first kappa shape index (κ1) is 22.2. The van der Waals surface area contributed by atoms with Crippen molar-refractivity contribution in [3.8, 4) is 0 Å². The first-order valence-electron chi connectivity index (χ1n) is 11.3. The number of aromatic nitrogens is 2. The molecule has 7 nitrogen and oxygen atoms in total. The van der Waals surface area contributed by atoms with E-state index in [0.29, 0.717) is 24.1 Å². The highest BCUT2D eigenvalue weighted by atomic mass is 16.1. The predicted octanol–water partition coefficient (Wildman–Crippen LogP) is 4.00. The van der Waals surface area contributed by atoms with Crippen molar-refractivity contribution in [2.24, 2.45) is 11.5 Å². The van der Waals surface area contributed by atoms with Gasteiger partial charge in [-0.2, -0.15) is 0 Å². The van der Waals surface area contributed by atoms with Gasteiger partial charge in [0.05, 0.1) is 6.54 Å². The number of nitrogens with one attached hydrogen (secondary N) is 3. The molecule has 7 heteroatoms. The van der Waals surface area contributed by atoms with Crippen molar-refractivity contribution in [3.05, 3.63) is 117 Å². The average molecular weight is 463 g/mol. The molecule has 0 amide bonds. The van der Waals surface area contributed by atoms with Crippen LogP contribution in [0.5, 0.6) is 0 Å². The van der Waals surface area contributed by atoms with Crippen LogP contribution in [0, 0.1) is 17.7 Å². The molecule has 0 saturated carbocycles. The highest BCUT2D eigenvalue weighted by Crippen LogP contribution is 2.21. The lowest BCUT2D eigenvalue weighted by Gasteiger charge is -2.06. The number of aromatic amines is 1. The summed E-state index contributed by atoms with van der Waals surface area (Å²) in [6, 6.07) is 23.5. The van der Waals surface area contributed by atoms with Crippen LogP contribution in [-0.4, -0.2) is 21.5 Å². The first-order valence-corrected chi connectivity index (χ1v) is 11.3. The number of nitrogen functional groups attached to an aromatic ring is 2. The van der Waals surface area contributed by atoms with Gasteiger partial charge in [0, 0.05) is 28.8 Å². The third-order valence-electron chi connectivity index (χ3n) is 6.41. The lowest BCUT2D eigenvalue weighted by molar-refractivity contribution is 0.657. The molecule has 0 unspecified atom stereocenters. The molecule has 0 spiro atoms. The van der Waals surface area contributed by atoms with Gasteiger partial charge in [-0.1, -0.05) is 54.6 Å². The summed E-state index contributed by atoms with van der Waals surface area (Å²) in [5.41, 5.74) is 16.2. The van der Waals surface area contributed by atoms with Crippen LogP contribution in [0.1, 0.15) is 33.5 Å². The molecule has 0 aliphatic carbocycles. The molecule has 0 atom stereocenters. The number of rotatable bonds is 6. The van der Waals surface area contributed by atoms with Crippen LogP contribution in [0.4, 0.5) is 0 Å². The van der Waals surface area contributed by atoms with E-state index in [4.69, 9.17) is 22.3 Å². The Morgan fingerprint density at radius 3 is 1.86 bits per heavy atom. The summed E-state index contributed by atoms with van der Waals surface area (Å²) < 4.78 is 1.63. The fourth-order valence-electron chi connectivity index (χ4n) is 4.49. The van der Waals surface area contributed by atoms with Crippen LogP contribution in [0.2, 0.25) is 0 Å². The van der Waals surface area contributed by atoms with E-state index >= 15 is 0 Å².